The molecule has 0 spiro atoms. The van der Waals surface area contributed by atoms with E-state index in [4.69, 9.17) is 0 Å². The molecule has 0 unspecified atom stereocenters. The zero-order chi connectivity index (χ0) is 19.6. The Morgan fingerprint density at radius 2 is 1.74 bits per heavy atom. The molecule has 0 saturated carbocycles. The van der Waals surface area contributed by atoms with Crippen molar-refractivity contribution < 1.29 is 23.2 Å². The van der Waals surface area contributed by atoms with Crippen LogP contribution in [0.15, 0.2) is 42.5 Å². The summed E-state index contributed by atoms with van der Waals surface area (Å²) in [6.45, 7) is 0. The third kappa shape index (κ3) is 3.71. The molecule has 1 aliphatic heterocycles. The monoisotopic (exact) mass is 390 g/mol. The van der Waals surface area contributed by atoms with Gasteiger partial charge in [0, 0.05) is 6.07 Å². The lowest BCUT2D eigenvalue weighted by Crippen LogP contribution is -2.47. The van der Waals surface area contributed by atoms with Gasteiger partial charge in [-0.15, -0.1) is 0 Å². The van der Waals surface area contributed by atoms with Crippen molar-refractivity contribution in [1.82, 2.24) is 4.90 Å². The standard InChI is InChI=1S/C19H16F2N2O3S/c1-27-9-8-16(17(24)22-15-10-11(20)6-7-14(15)21)23-18(25)12-4-2-3-5-13(12)19(23)26/h2-7,10,16H,8-9H2,1H3,(H,22,24)/t16-/m0/s1. The first-order chi connectivity index (χ1) is 12.9. The maximum Gasteiger partial charge on any atom is 0.262 e. The van der Waals surface area contributed by atoms with Crippen LogP contribution in [-0.2, 0) is 4.79 Å². The fourth-order valence-corrected chi connectivity index (χ4v) is 3.37. The molecular weight excluding hydrogens is 374 g/mol. The number of rotatable bonds is 6. The van der Waals surface area contributed by atoms with Gasteiger partial charge >= 0.3 is 0 Å². The minimum atomic E-state index is -1.13. The number of anilines is 1. The molecule has 0 radical (unpaired) electrons. The molecule has 0 fully saturated rings. The van der Waals surface area contributed by atoms with E-state index in [-0.39, 0.29) is 23.2 Å². The van der Waals surface area contributed by atoms with Crippen LogP contribution in [0.25, 0.3) is 0 Å². The third-order valence-electron chi connectivity index (χ3n) is 4.22. The molecule has 140 valence electrons. The Labute approximate surface area is 158 Å². The molecule has 2 aromatic rings. The molecule has 5 nitrogen and oxygen atoms in total. The van der Waals surface area contributed by atoms with Gasteiger partial charge in [-0.25, -0.2) is 8.78 Å². The molecule has 3 rings (SSSR count). The second-order valence-electron chi connectivity index (χ2n) is 5.94. The summed E-state index contributed by atoms with van der Waals surface area (Å²) in [6, 6.07) is 7.84. The van der Waals surface area contributed by atoms with Crippen LogP contribution in [0.3, 0.4) is 0 Å². The van der Waals surface area contributed by atoms with Gasteiger partial charge in [0.1, 0.15) is 17.7 Å². The van der Waals surface area contributed by atoms with Crippen LogP contribution in [0.4, 0.5) is 14.5 Å². The van der Waals surface area contributed by atoms with E-state index in [1.165, 1.54) is 23.9 Å². The van der Waals surface area contributed by atoms with Crippen LogP contribution in [-0.4, -0.2) is 40.7 Å². The highest BCUT2D eigenvalue weighted by molar-refractivity contribution is 7.98. The maximum atomic E-state index is 13.9. The normalized spacial score (nSPS) is 14.3. The molecule has 1 heterocycles. The van der Waals surface area contributed by atoms with Crippen LogP contribution in [0, 0.1) is 11.6 Å². The second-order valence-corrected chi connectivity index (χ2v) is 6.92. The number of carbonyl (C=O) groups excluding carboxylic acids is 3. The highest BCUT2D eigenvalue weighted by Crippen LogP contribution is 2.27. The van der Waals surface area contributed by atoms with Gasteiger partial charge in [-0.05, 0) is 42.7 Å². The summed E-state index contributed by atoms with van der Waals surface area (Å²) >= 11 is 1.44. The van der Waals surface area contributed by atoms with Crippen molar-refractivity contribution in [3.05, 3.63) is 65.2 Å². The number of carbonyl (C=O) groups is 3. The van der Waals surface area contributed by atoms with E-state index in [9.17, 15) is 23.2 Å². The highest BCUT2D eigenvalue weighted by atomic mass is 32.2. The van der Waals surface area contributed by atoms with Crippen LogP contribution in [0.2, 0.25) is 0 Å². The van der Waals surface area contributed by atoms with Crippen LogP contribution in [0.1, 0.15) is 27.1 Å². The molecule has 2 aromatic carbocycles. The molecule has 27 heavy (non-hydrogen) atoms. The number of nitrogens with one attached hydrogen (secondary N) is 1. The Morgan fingerprint density at radius 1 is 1.11 bits per heavy atom. The van der Waals surface area contributed by atoms with E-state index in [2.05, 4.69) is 5.32 Å². The zero-order valence-electron chi connectivity index (χ0n) is 14.4. The fourth-order valence-electron chi connectivity index (χ4n) is 2.91. The third-order valence-corrected chi connectivity index (χ3v) is 4.87. The quantitative estimate of drug-likeness (QED) is 0.769. The molecule has 0 saturated heterocycles. The summed E-state index contributed by atoms with van der Waals surface area (Å²) < 4.78 is 27.2. The Kier molecular flexibility index (Phi) is 5.55. The molecule has 3 amide bonds. The second kappa shape index (κ2) is 7.87. The molecule has 1 aliphatic rings. The largest absolute Gasteiger partial charge is 0.322 e. The molecule has 1 atom stereocenters. The molecule has 0 aliphatic carbocycles. The van der Waals surface area contributed by atoms with Crippen LogP contribution in [0.5, 0.6) is 0 Å². The lowest BCUT2D eigenvalue weighted by Gasteiger charge is -2.25. The first-order valence-electron chi connectivity index (χ1n) is 8.15. The molecule has 0 bridgehead atoms. The SMILES string of the molecule is CSCC[C@@H](C(=O)Nc1cc(F)ccc1F)N1C(=O)c2ccccc2C1=O. The van der Waals surface area contributed by atoms with Gasteiger partial charge in [-0.3, -0.25) is 19.3 Å². The molecule has 0 aromatic heterocycles. The van der Waals surface area contributed by atoms with Gasteiger partial charge in [-0.1, -0.05) is 12.1 Å². The van der Waals surface area contributed by atoms with Gasteiger partial charge in [0.2, 0.25) is 5.91 Å². The number of hydrogen-bond donors (Lipinski definition) is 1. The first kappa shape index (κ1) is 19.0. The average Bonchev–Trinajstić information content (AvgIpc) is 2.90. The number of imide groups is 1. The van der Waals surface area contributed by atoms with E-state index < -0.39 is 35.4 Å². The number of amides is 3. The van der Waals surface area contributed by atoms with E-state index in [1.54, 1.807) is 12.1 Å². The van der Waals surface area contributed by atoms with E-state index in [0.717, 1.165) is 23.1 Å². The van der Waals surface area contributed by atoms with Crippen molar-refractivity contribution in [3.63, 3.8) is 0 Å². The Morgan fingerprint density at radius 3 is 2.33 bits per heavy atom. The van der Waals surface area contributed by atoms with E-state index in [1.807, 2.05) is 6.26 Å². The number of fused-ring (bicyclic) bond motifs is 1. The van der Waals surface area contributed by atoms with Crippen molar-refractivity contribution in [2.24, 2.45) is 0 Å². The van der Waals surface area contributed by atoms with Crippen molar-refractivity contribution >= 4 is 35.2 Å². The zero-order valence-corrected chi connectivity index (χ0v) is 15.2. The smallest absolute Gasteiger partial charge is 0.262 e. The lowest BCUT2D eigenvalue weighted by atomic mass is 10.1. The number of thioether (sulfide) groups is 1. The van der Waals surface area contributed by atoms with E-state index in [0.29, 0.717) is 5.75 Å². The summed E-state index contributed by atoms with van der Waals surface area (Å²) in [5.74, 6) is -2.92. The number of nitrogens with zero attached hydrogens (tertiary/aromatic N) is 1. The van der Waals surface area contributed by atoms with Crippen molar-refractivity contribution in [2.45, 2.75) is 12.5 Å². The van der Waals surface area contributed by atoms with Gasteiger partial charge in [-0.2, -0.15) is 11.8 Å². The predicted molar refractivity (Wildman–Crippen MR) is 98.7 cm³/mol. The maximum absolute atomic E-state index is 13.9. The van der Waals surface area contributed by atoms with Crippen LogP contribution < -0.4 is 5.32 Å². The van der Waals surface area contributed by atoms with Crippen molar-refractivity contribution in [3.8, 4) is 0 Å². The van der Waals surface area contributed by atoms with Gasteiger partial charge < -0.3 is 5.32 Å². The molecule has 8 heteroatoms. The van der Waals surface area contributed by atoms with E-state index >= 15 is 0 Å². The first-order valence-corrected chi connectivity index (χ1v) is 9.55. The Hall–Kier alpha value is -2.74. The summed E-state index contributed by atoms with van der Waals surface area (Å²) in [6.07, 6.45) is 2.01. The summed E-state index contributed by atoms with van der Waals surface area (Å²) in [4.78, 5) is 39.0. The van der Waals surface area contributed by atoms with Crippen molar-refractivity contribution in [1.29, 1.82) is 0 Å². The summed E-state index contributed by atoms with van der Waals surface area (Å²) in [5.41, 5.74) is 0.105. The predicted octanol–water partition coefficient (Wildman–Crippen LogP) is 3.32. The highest BCUT2D eigenvalue weighted by Gasteiger charge is 2.42. The van der Waals surface area contributed by atoms with Gasteiger partial charge in [0.05, 0.1) is 16.8 Å². The van der Waals surface area contributed by atoms with Crippen LogP contribution >= 0.6 is 11.8 Å². The summed E-state index contributed by atoms with van der Waals surface area (Å²) in [7, 11) is 0. The average molecular weight is 390 g/mol. The molecule has 1 N–H and O–H groups in total. The topological polar surface area (TPSA) is 66.5 Å². The minimum absolute atomic E-state index is 0.190. The Bertz CT molecular complexity index is 885. The van der Waals surface area contributed by atoms with Gasteiger partial charge in [0.15, 0.2) is 0 Å². The summed E-state index contributed by atoms with van der Waals surface area (Å²) in [5, 5.41) is 2.30. The fraction of sp³-hybridized carbons (Fsp3) is 0.211. The lowest BCUT2D eigenvalue weighted by molar-refractivity contribution is -0.120. The van der Waals surface area contributed by atoms with Crippen molar-refractivity contribution in [2.75, 3.05) is 17.3 Å². The number of hydrogen-bond acceptors (Lipinski definition) is 4. The van der Waals surface area contributed by atoms with Gasteiger partial charge in [0.25, 0.3) is 11.8 Å². The Balaban J connectivity index is 1.90. The minimum Gasteiger partial charge on any atom is -0.322 e. The number of benzene rings is 2. The molecular formula is C19H16F2N2O3S. The number of halogens is 2.